The van der Waals surface area contributed by atoms with E-state index in [0.717, 1.165) is 19.3 Å². The highest BCUT2D eigenvalue weighted by atomic mass is 35.5. The number of hydrogen-bond acceptors (Lipinski definition) is 3. The monoisotopic (exact) mass is 377 g/mol. The second-order valence-corrected chi connectivity index (χ2v) is 8.32. The van der Waals surface area contributed by atoms with Gasteiger partial charge in [-0.25, -0.2) is 0 Å². The SMILES string of the molecule is CN1C2CCCC1CC(NC(=O)CC1CC3CCC(C1)N3)C2.Cl.Cl. The largest absolute Gasteiger partial charge is 0.353 e. The van der Waals surface area contributed by atoms with Crippen LogP contribution in [0.5, 0.6) is 0 Å². The number of amides is 1. The van der Waals surface area contributed by atoms with Crippen molar-refractivity contribution in [3.05, 3.63) is 0 Å². The fourth-order valence-corrected chi connectivity index (χ4v) is 5.62. The van der Waals surface area contributed by atoms with Gasteiger partial charge in [-0.05, 0) is 64.3 Å². The van der Waals surface area contributed by atoms with Crippen LogP contribution in [0.1, 0.15) is 64.2 Å². The average Bonchev–Trinajstić information content (AvgIpc) is 2.79. The summed E-state index contributed by atoms with van der Waals surface area (Å²) in [6.07, 6.45) is 12.2. The maximum absolute atomic E-state index is 12.5. The molecule has 4 unspecified atom stereocenters. The van der Waals surface area contributed by atoms with Crippen molar-refractivity contribution >= 4 is 30.7 Å². The number of hydrogen-bond donors (Lipinski definition) is 2. The molecular formula is C18H33Cl2N3O. The van der Waals surface area contributed by atoms with Gasteiger partial charge in [0.05, 0.1) is 0 Å². The van der Waals surface area contributed by atoms with Crippen LogP contribution in [-0.4, -0.2) is 48.1 Å². The number of carbonyl (C=O) groups excluding carboxylic acids is 1. The zero-order chi connectivity index (χ0) is 15.1. The van der Waals surface area contributed by atoms with E-state index in [2.05, 4.69) is 22.6 Å². The zero-order valence-corrected chi connectivity index (χ0v) is 16.3. The van der Waals surface area contributed by atoms with Gasteiger partial charge >= 0.3 is 0 Å². The van der Waals surface area contributed by atoms with Gasteiger partial charge in [0.25, 0.3) is 0 Å². The van der Waals surface area contributed by atoms with E-state index < -0.39 is 0 Å². The predicted molar refractivity (Wildman–Crippen MR) is 102 cm³/mol. The quantitative estimate of drug-likeness (QED) is 0.794. The molecule has 0 radical (unpaired) electrons. The van der Waals surface area contributed by atoms with E-state index in [1.165, 1.54) is 44.9 Å². The predicted octanol–water partition coefficient (Wildman–Crippen LogP) is 2.88. The summed E-state index contributed by atoms with van der Waals surface area (Å²) in [5, 5.41) is 7.05. The minimum absolute atomic E-state index is 0. The first-order chi connectivity index (χ1) is 10.7. The molecule has 4 aliphatic heterocycles. The fourth-order valence-electron chi connectivity index (χ4n) is 5.62. The molecule has 0 saturated carbocycles. The van der Waals surface area contributed by atoms with Crippen LogP contribution < -0.4 is 10.6 Å². The van der Waals surface area contributed by atoms with E-state index in [4.69, 9.17) is 0 Å². The van der Waals surface area contributed by atoms with Gasteiger partial charge in [0.2, 0.25) is 5.91 Å². The Hall–Kier alpha value is -0.0300. The van der Waals surface area contributed by atoms with E-state index in [9.17, 15) is 4.79 Å². The number of nitrogens with one attached hydrogen (secondary N) is 2. The molecule has 4 bridgehead atoms. The zero-order valence-electron chi connectivity index (χ0n) is 14.7. The molecule has 1 amide bonds. The maximum Gasteiger partial charge on any atom is 0.220 e. The second kappa shape index (κ2) is 8.57. The van der Waals surface area contributed by atoms with E-state index >= 15 is 0 Å². The molecule has 6 heteroatoms. The molecule has 4 fully saturated rings. The molecular weight excluding hydrogens is 345 g/mol. The lowest BCUT2D eigenvalue weighted by Crippen LogP contribution is -2.55. The van der Waals surface area contributed by atoms with Crippen molar-refractivity contribution in [1.82, 2.24) is 15.5 Å². The summed E-state index contributed by atoms with van der Waals surface area (Å²) in [7, 11) is 2.28. The summed E-state index contributed by atoms with van der Waals surface area (Å²) >= 11 is 0. The van der Waals surface area contributed by atoms with Gasteiger partial charge in [-0.2, -0.15) is 0 Å². The van der Waals surface area contributed by atoms with Crippen LogP contribution in [0.3, 0.4) is 0 Å². The Balaban J connectivity index is 0.00000104. The summed E-state index contributed by atoms with van der Waals surface area (Å²) in [6.45, 7) is 0. The highest BCUT2D eigenvalue weighted by Crippen LogP contribution is 2.34. The molecule has 0 aromatic rings. The van der Waals surface area contributed by atoms with Gasteiger partial charge in [0.15, 0.2) is 0 Å². The Morgan fingerprint density at radius 2 is 1.58 bits per heavy atom. The number of halogens is 2. The first-order valence-electron chi connectivity index (χ1n) is 9.44. The molecule has 4 aliphatic rings. The molecule has 4 rings (SSSR count). The van der Waals surface area contributed by atoms with Gasteiger partial charge < -0.3 is 15.5 Å². The Bertz CT molecular complexity index is 410. The highest BCUT2D eigenvalue weighted by Gasteiger charge is 2.37. The van der Waals surface area contributed by atoms with Gasteiger partial charge in [-0.1, -0.05) is 6.42 Å². The Labute approximate surface area is 158 Å². The van der Waals surface area contributed by atoms with Crippen LogP contribution in [0.4, 0.5) is 0 Å². The van der Waals surface area contributed by atoms with Crippen molar-refractivity contribution in [1.29, 1.82) is 0 Å². The molecule has 2 N–H and O–H groups in total. The molecule has 4 heterocycles. The smallest absolute Gasteiger partial charge is 0.220 e. The number of rotatable bonds is 3. The average molecular weight is 378 g/mol. The van der Waals surface area contributed by atoms with Gasteiger partial charge in [-0.3, -0.25) is 4.79 Å². The summed E-state index contributed by atoms with van der Waals surface area (Å²) in [4.78, 5) is 15.0. The number of piperidine rings is 3. The van der Waals surface area contributed by atoms with Crippen LogP contribution >= 0.6 is 24.8 Å². The van der Waals surface area contributed by atoms with Crippen LogP contribution in [0.25, 0.3) is 0 Å². The van der Waals surface area contributed by atoms with Crippen molar-refractivity contribution < 1.29 is 4.79 Å². The van der Waals surface area contributed by atoms with Crippen LogP contribution in [-0.2, 0) is 4.79 Å². The van der Waals surface area contributed by atoms with E-state index in [1.54, 1.807) is 0 Å². The minimum Gasteiger partial charge on any atom is -0.353 e. The third-order valence-corrected chi connectivity index (χ3v) is 6.75. The Morgan fingerprint density at radius 3 is 2.17 bits per heavy atom. The van der Waals surface area contributed by atoms with E-state index in [-0.39, 0.29) is 24.8 Å². The molecule has 0 aliphatic carbocycles. The first kappa shape index (κ1) is 20.3. The van der Waals surface area contributed by atoms with E-state index in [0.29, 0.717) is 42.0 Å². The molecule has 4 atom stereocenters. The van der Waals surface area contributed by atoms with Crippen LogP contribution in [0.2, 0.25) is 0 Å². The first-order valence-corrected chi connectivity index (χ1v) is 9.44. The van der Waals surface area contributed by atoms with Crippen LogP contribution in [0.15, 0.2) is 0 Å². The third-order valence-electron chi connectivity index (χ3n) is 6.75. The Morgan fingerprint density at radius 1 is 1.00 bits per heavy atom. The van der Waals surface area contributed by atoms with Crippen molar-refractivity contribution in [2.75, 3.05) is 7.05 Å². The summed E-state index contributed by atoms with van der Waals surface area (Å²) in [6, 6.07) is 3.22. The van der Waals surface area contributed by atoms with Crippen LogP contribution in [0, 0.1) is 5.92 Å². The summed E-state index contributed by atoms with van der Waals surface area (Å²) in [5.74, 6) is 0.934. The fraction of sp³-hybridized carbons (Fsp3) is 0.944. The Kier molecular flexibility index (Phi) is 7.24. The van der Waals surface area contributed by atoms with Crippen molar-refractivity contribution in [3.8, 4) is 0 Å². The van der Waals surface area contributed by atoms with Crippen molar-refractivity contribution in [2.24, 2.45) is 5.92 Å². The van der Waals surface area contributed by atoms with Gasteiger partial charge in [0, 0.05) is 36.6 Å². The van der Waals surface area contributed by atoms with E-state index in [1.807, 2.05) is 0 Å². The lowest BCUT2D eigenvalue weighted by Gasteiger charge is -2.47. The standard InChI is InChI=1S/C18H31N3O.2ClH/c1-21-16-3-2-4-17(21)11-15(10-16)20-18(22)9-12-7-13-5-6-14(8-12)19-13;;/h12-17,19H,2-11H2,1H3,(H,20,22);2*1H. The normalized spacial score (nSPS) is 41.0. The molecule has 4 nitrogen and oxygen atoms in total. The second-order valence-electron chi connectivity index (χ2n) is 8.32. The topological polar surface area (TPSA) is 44.4 Å². The van der Waals surface area contributed by atoms with Crippen molar-refractivity contribution in [3.63, 3.8) is 0 Å². The highest BCUT2D eigenvalue weighted by molar-refractivity contribution is 5.85. The summed E-state index contributed by atoms with van der Waals surface area (Å²) in [5.41, 5.74) is 0. The molecule has 24 heavy (non-hydrogen) atoms. The molecule has 0 spiro atoms. The maximum atomic E-state index is 12.5. The molecule has 0 aromatic carbocycles. The van der Waals surface area contributed by atoms with Gasteiger partial charge in [0.1, 0.15) is 0 Å². The number of nitrogens with zero attached hydrogens (tertiary/aromatic N) is 1. The molecule has 140 valence electrons. The minimum atomic E-state index is 0. The molecule has 4 saturated heterocycles. The lowest BCUT2D eigenvalue weighted by molar-refractivity contribution is -0.123. The number of fused-ring (bicyclic) bond motifs is 4. The molecule has 0 aromatic heterocycles. The third kappa shape index (κ3) is 4.38. The lowest BCUT2D eigenvalue weighted by atomic mass is 9.82. The summed E-state index contributed by atoms with van der Waals surface area (Å²) < 4.78 is 0. The number of carbonyl (C=O) groups is 1. The van der Waals surface area contributed by atoms with Gasteiger partial charge in [-0.15, -0.1) is 24.8 Å². The van der Waals surface area contributed by atoms with Crippen molar-refractivity contribution in [2.45, 2.75) is 94.4 Å².